The monoisotopic (exact) mass is 249 g/mol. The Balaban J connectivity index is 2.38. The molecule has 0 atom stereocenters. The number of nitrogens with zero attached hydrogens (tertiary/aromatic N) is 3. The van der Waals surface area contributed by atoms with E-state index in [0.717, 1.165) is 12.3 Å². The van der Waals surface area contributed by atoms with E-state index < -0.39 is 11.9 Å². The summed E-state index contributed by atoms with van der Waals surface area (Å²) in [6.07, 6.45) is -0.502. The van der Waals surface area contributed by atoms with Crippen LogP contribution in [0.5, 0.6) is 0 Å². The summed E-state index contributed by atoms with van der Waals surface area (Å²) in [6.45, 7) is 0. The zero-order chi connectivity index (χ0) is 13.2. The molecule has 2 rings (SSSR count). The lowest BCUT2D eigenvalue weighted by atomic mass is 10.1. The van der Waals surface area contributed by atoms with Gasteiger partial charge in [0.15, 0.2) is 0 Å². The van der Waals surface area contributed by atoms with Crippen LogP contribution in [-0.2, 0) is 6.18 Å². The first-order chi connectivity index (χ1) is 8.50. The van der Waals surface area contributed by atoms with Crippen LogP contribution in [-0.4, -0.2) is 9.97 Å². The minimum atomic E-state index is -4.45. The summed E-state index contributed by atoms with van der Waals surface area (Å²) in [7, 11) is 0. The number of alkyl halides is 3. The van der Waals surface area contributed by atoms with E-state index in [0.29, 0.717) is 16.7 Å². The maximum atomic E-state index is 12.3. The molecule has 3 nitrogen and oxygen atoms in total. The van der Waals surface area contributed by atoms with Gasteiger partial charge in [0.1, 0.15) is 11.8 Å². The number of hydrogen-bond donors (Lipinski definition) is 0. The first-order valence-electron chi connectivity index (χ1n) is 4.89. The Morgan fingerprint density at radius 1 is 1.06 bits per heavy atom. The molecular weight excluding hydrogens is 243 g/mol. The highest BCUT2D eigenvalue weighted by atomic mass is 19.4. The zero-order valence-electron chi connectivity index (χ0n) is 8.94. The lowest BCUT2D eigenvalue weighted by molar-refractivity contribution is -0.141. The van der Waals surface area contributed by atoms with Gasteiger partial charge in [0.25, 0.3) is 0 Å². The normalized spacial score (nSPS) is 11.0. The van der Waals surface area contributed by atoms with E-state index in [-0.39, 0.29) is 0 Å². The molecule has 0 aliphatic heterocycles. The molecule has 0 radical (unpaired) electrons. The number of pyridine rings is 2. The van der Waals surface area contributed by atoms with Crippen molar-refractivity contribution in [2.75, 3.05) is 0 Å². The van der Waals surface area contributed by atoms with Crippen LogP contribution >= 0.6 is 0 Å². The van der Waals surface area contributed by atoms with Gasteiger partial charge in [-0.15, -0.1) is 0 Å². The summed E-state index contributed by atoms with van der Waals surface area (Å²) in [5.41, 5.74) is 0.422. The van der Waals surface area contributed by atoms with Crippen LogP contribution in [0, 0.1) is 11.3 Å². The molecule has 2 aromatic rings. The van der Waals surface area contributed by atoms with Gasteiger partial charge in [0, 0.05) is 29.7 Å². The minimum Gasteiger partial charge on any atom is -0.263 e. The van der Waals surface area contributed by atoms with E-state index in [4.69, 9.17) is 5.26 Å². The van der Waals surface area contributed by atoms with Crippen LogP contribution in [0.2, 0.25) is 0 Å². The van der Waals surface area contributed by atoms with Crippen molar-refractivity contribution >= 4 is 0 Å². The fraction of sp³-hybridized carbons (Fsp3) is 0.0833. The molecule has 0 aliphatic carbocycles. The number of rotatable bonds is 1. The van der Waals surface area contributed by atoms with E-state index >= 15 is 0 Å². The van der Waals surface area contributed by atoms with Gasteiger partial charge in [-0.1, -0.05) is 6.07 Å². The average molecular weight is 249 g/mol. The third-order valence-electron chi connectivity index (χ3n) is 2.25. The van der Waals surface area contributed by atoms with Crippen molar-refractivity contribution in [2.24, 2.45) is 0 Å². The van der Waals surface area contributed by atoms with Gasteiger partial charge < -0.3 is 0 Å². The highest BCUT2D eigenvalue weighted by Gasteiger charge is 2.32. The zero-order valence-corrected chi connectivity index (χ0v) is 8.94. The maximum absolute atomic E-state index is 12.3. The highest BCUT2D eigenvalue weighted by molar-refractivity contribution is 5.63. The van der Waals surface area contributed by atoms with Gasteiger partial charge in [-0.2, -0.15) is 18.4 Å². The van der Waals surface area contributed by atoms with Crippen LogP contribution in [0.4, 0.5) is 13.2 Å². The molecule has 0 aliphatic rings. The lowest BCUT2D eigenvalue weighted by Crippen LogP contribution is -2.07. The van der Waals surface area contributed by atoms with Crippen LogP contribution in [0.25, 0.3) is 11.1 Å². The molecule has 0 spiro atoms. The molecule has 0 unspecified atom stereocenters. The van der Waals surface area contributed by atoms with Gasteiger partial charge >= 0.3 is 6.18 Å². The topological polar surface area (TPSA) is 49.6 Å². The quantitative estimate of drug-likeness (QED) is 0.780. The third kappa shape index (κ3) is 2.46. The SMILES string of the molecule is N#Cc1cncc(-c2ccc(C(F)(F)F)nc2)c1. The van der Waals surface area contributed by atoms with Crippen molar-refractivity contribution in [3.8, 4) is 17.2 Å². The van der Waals surface area contributed by atoms with Gasteiger partial charge in [-0.05, 0) is 12.1 Å². The van der Waals surface area contributed by atoms with Crippen molar-refractivity contribution in [1.29, 1.82) is 5.26 Å². The molecule has 0 N–H and O–H groups in total. The first kappa shape index (κ1) is 12.0. The Kier molecular flexibility index (Phi) is 2.98. The van der Waals surface area contributed by atoms with Crippen molar-refractivity contribution < 1.29 is 13.2 Å². The Hall–Kier alpha value is -2.42. The first-order valence-corrected chi connectivity index (χ1v) is 4.89. The summed E-state index contributed by atoms with van der Waals surface area (Å²) < 4.78 is 37.0. The second kappa shape index (κ2) is 4.45. The molecule has 0 saturated carbocycles. The van der Waals surface area contributed by atoms with Gasteiger partial charge in [0.2, 0.25) is 0 Å². The Morgan fingerprint density at radius 3 is 2.39 bits per heavy atom. The molecular formula is C12H6F3N3. The molecule has 0 aromatic carbocycles. The standard InChI is InChI=1S/C12H6F3N3/c13-12(14,15)11-2-1-9(7-18-11)10-3-8(4-16)5-17-6-10/h1-3,5-7H. The van der Waals surface area contributed by atoms with Crippen LogP contribution in [0.15, 0.2) is 36.8 Å². The number of aromatic nitrogens is 2. The molecule has 90 valence electrons. The Morgan fingerprint density at radius 2 is 1.83 bits per heavy atom. The van der Waals surface area contributed by atoms with E-state index in [1.165, 1.54) is 24.5 Å². The molecule has 0 bridgehead atoms. The minimum absolute atomic E-state index is 0.340. The average Bonchev–Trinajstić information content (AvgIpc) is 2.38. The highest BCUT2D eigenvalue weighted by Crippen LogP contribution is 2.28. The molecule has 18 heavy (non-hydrogen) atoms. The van der Waals surface area contributed by atoms with Gasteiger partial charge in [-0.25, -0.2) is 0 Å². The maximum Gasteiger partial charge on any atom is 0.433 e. The van der Waals surface area contributed by atoms with E-state index in [9.17, 15) is 13.2 Å². The molecule has 2 aromatic heterocycles. The summed E-state index contributed by atoms with van der Waals surface area (Å²) in [4.78, 5) is 7.18. The third-order valence-corrected chi connectivity index (χ3v) is 2.25. The second-order valence-corrected chi connectivity index (χ2v) is 3.50. The largest absolute Gasteiger partial charge is 0.433 e. The van der Waals surface area contributed by atoms with Crippen molar-refractivity contribution in [2.45, 2.75) is 6.18 Å². The number of halogens is 3. The summed E-state index contributed by atoms with van der Waals surface area (Å²) in [5.74, 6) is 0. The van der Waals surface area contributed by atoms with Gasteiger partial charge in [-0.3, -0.25) is 9.97 Å². The fourth-order valence-electron chi connectivity index (χ4n) is 1.39. The predicted molar refractivity (Wildman–Crippen MR) is 57.2 cm³/mol. The van der Waals surface area contributed by atoms with Gasteiger partial charge in [0.05, 0.1) is 5.56 Å². The molecule has 0 saturated heterocycles. The van der Waals surface area contributed by atoms with Crippen LogP contribution in [0.1, 0.15) is 11.3 Å². The molecule has 0 amide bonds. The van der Waals surface area contributed by atoms with Crippen LogP contribution in [0.3, 0.4) is 0 Å². The predicted octanol–water partition coefficient (Wildman–Crippen LogP) is 3.03. The van der Waals surface area contributed by atoms with Crippen molar-refractivity contribution in [1.82, 2.24) is 9.97 Å². The summed E-state index contributed by atoms with van der Waals surface area (Å²) >= 11 is 0. The second-order valence-electron chi connectivity index (χ2n) is 3.50. The Bertz CT molecular complexity index is 597. The van der Waals surface area contributed by atoms with E-state index in [1.54, 1.807) is 0 Å². The molecule has 6 heteroatoms. The van der Waals surface area contributed by atoms with E-state index in [1.807, 2.05) is 6.07 Å². The smallest absolute Gasteiger partial charge is 0.263 e. The number of nitriles is 1. The molecule has 2 heterocycles. The summed E-state index contributed by atoms with van der Waals surface area (Å²) in [5, 5.41) is 8.71. The lowest BCUT2D eigenvalue weighted by Gasteiger charge is -2.06. The van der Waals surface area contributed by atoms with E-state index in [2.05, 4.69) is 9.97 Å². The van der Waals surface area contributed by atoms with Crippen molar-refractivity contribution in [3.05, 3.63) is 48.0 Å². The fourth-order valence-corrected chi connectivity index (χ4v) is 1.39. The number of hydrogen-bond acceptors (Lipinski definition) is 3. The summed E-state index contributed by atoms with van der Waals surface area (Å²) in [6, 6.07) is 5.65. The molecule has 0 fully saturated rings. The Labute approximate surface area is 101 Å². The van der Waals surface area contributed by atoms with Crippen molar-refractivity contribution in [3.63, 3.8) is 0 Å². The van der Waals surface area contributed by atoms with Crippen LogP contribution < -0.4 is 0 Å².